The van der Waals surface area contributed by atoms with Crippen LogP contribution >= 0.6 is 0 Å². The molecule has 2 aliphatic rings. The van der Waals surface area contributed by atoms with Crippen molar-refractivity contribution in [2.24, 2.45) is 0 Å². The molecule has 1 aliphatic carbocycles. The maximum atomic E-state index is 12.6. The summed E-state index contributed by atoms with van der Waals surface area (Å²) in [6.45, 7) is -0.0198. The molecular weight excluding hydrogens is 304 g/mol. The van der Waals surface area contributed by atoms with Crippen LogP contribution in [0.2, 0.25) is 0 Å². The Labute approximate surface area is 140 Å². The van der Waals surface area contributed by atoms with Crippen LogP contribution in [-0.4, -0.2) is 18.4 Å². The Hall–Kier alpha value is -2.82. The fourth-order valence-corrected chi connectivity index (χ4v) is 3.36. The zero-order valence-electron chi connectivity index (χ0n) is 13.2. The smallest absolute Gasteiger partial charge is 0.262 e. The maximum Gasteiger partial charge on any atom is 0.262 e. The van der Waals surface area contributed by atoms with E-state index >= 15 is 0 Å². The predicted molar refractivity (Wildman–Crippen MR) is 90.2 cm³/mol. The molecule has 122 valence electrons. The topological polar surface area (TPSA) is 67.4 Å². The molecule has 0 radical (unpaired) electrons. The molecule has 0 aromatic heterocycles. The summed E-state index contributed by atoms with van der Waals surface area (Å²) in [4.78, 5) is 23.9. The van der Waals surface area contributed by atoms with Crippen LogP contribution < -0.4 is 15.4 Å². The molecule has 5 heteroatoms. The van der Waals surface area contributed by atoms with Crippen LogP contribution in [0.5, 0.6) is 5.75 Å². The summed E-state index contributed by atoms with van der Waals surface area (Å²) in [6, 6.07) is 13.4. The highest BCUT2D eigenvalue weighted by atomic mass is 16.5. The van der Waals surface area contributed by atoms with Crippen LogP contribution in [0.1, 0.15) is 40.4 Å². The molecule has 0 saturated carbocycles. The molecule has 24 heavy (non-hydrogen) atoms. The summed E-state index contributed by atoms with van der Waals surface area (Å²) >= 11 is 0. The number of rotatable bonds is 2. The molecule has 1 atom stereocenters. The Morgan fingerprint density at radius 2 is 2.08 bits per heavy atom. The highest BCUT2D eigenvalue weighted by Gasteiger charge is 2.23. The summed E-state index contributed by atoms with van der Waals surface area (Å²) in [5, 5.41) is 5.85. The van der Waals surface area contributed by atoms with E-state index in [0.29, 0.717) is 17.0 Å². The van der Waals surface area contributed by atoms with Crippen molar-refractivity contribution in [2.75, 3.05) is 11.9 Å². The largest absolute Gasteiger partial charge is 0.482 e. The van der Waals surface area contributed by atoms with Crippen LogP contribution in [-0.2, 0) is 11.2 Å². The number of hydrogen-bond acceptors (Lipinski definition) is 3. The van der Waals surface area contributed by atoms with E-state index in [9.17, 15) is 9.59 Å². The summed E-state index contributed by atoms with van der Waals surface area (Å²) in [6.07, 6.45) is 3.08. The van der Waals surface area contributed by atoms with E-state index in [2.05, 4.69) is 22.8 Å². The van der Waals surface area contributed by atoms with Gasteiger partial charge in [-0.15, -0.1) is 0 Å². The van der Waals surface area contributed by atoms with Gasteiger partial charge in [-0.3, -0.25) is 9.59 Å². The average molecular weight is 322 g/mol. The van der Waals surface area contributed by atoms with Crippen molar-refractivity contribution in [3.8, 4) is 5.75 Å². The van der Waals surface area contributed by atoms with Crippen molar-refractivity contribution in [1.29, 1.82) is 0 Å². The van der Waals surface area contributed by atoms with Crippen molar-refractivity contribution in [1.82, 2.24) is 5.32 Å². The first-order valence-electron chi connectivity index (χ1n) is 8.16. The number of nitrogens with one attached hydrogen (secondary N) is 2. The molecule has 0 saturated heterocycles. The molecule has 1 heterocycles. The minimum absolute atomic E-state index is 0.0198. The summed E-state index contributed by atoms with van der Waals surface area (Å²) < 4.78 is 5.38. The normalized spacial score (nSPS) is 18.7. The number of aryl methyl sites for hydroxylation is 1. The predicted octanol–water partition coefficient (Wildman–Crippen LogP) is 2.82. The van der Waals surface area contributed by atoms with E-state index in [4.69, 9.17) is 4.74 Å². The highest BCUT2D eigenvalue weighted by molar-refractivity contribution is 5.99. The summed E-state index contributed by atoms with van der Waals surface area (Å²) in [5.41, 5.74) is 3.66. The Morgan fingerprint density at radius 3 is 3.00 bits per heavy atom. The quantitative estimate of drug-likeness (QED) is 0.893. The molecule has 0 spiro atoms. The van der Waals surface area contributed by atoms with E-state index in [1.54, 1.807) is 18.2 Å². The van der Waals surface area contributed by atoms with Gasteiger partial charge in [0.1, 0.15) is 5.75 Å². The molecule has 0 unspecified atom stereocenters. The lowest BCUT2D eigenvalue weighted by Gasteiger charge is -2.26. The first-order chi connectivity index (χ1) is 11.7. The SMILES string of the molecule is O=C1COc2cc(C(=O)N[C@@H]3CCCc4ccccc43)ccc2N1. The van der Waals surface area contributed by atoms with Crippen molar-refractivity contribution in [3.05, 3.63) is 59.2 Å². The van der Waals surface area contributed by atoms with Gasteiger partial charge < -0.3 is 15.4 Å². The molecule has 2 aromatic carbocycles. The Balaban J connectivity index is 1.54. The van der Waals surface area contributed by atoms with Crippen LogP contribution in [0.3, 0.4) is 0 Å². The molecule has 0 bridgehead atoms. The van der Waals surface area contributed by atoms with E-state index in [1.807, 2.05) is 12.1 Å². The summed E-state index contributed by atoms with van der Waals surface area (Å²) in [5.74, 6) is 0.227. The fraction of sp³-hybridized carbons (Fsp3) is 0.263. The second kappa shape index (κ2) is 6.00. The van der Waals surface area contributed by atoms with Gasteiger partial charge >= 0.3 is 0 Å². The van der Waals surface area contributed by atoms with Gasteiger partial charge in [0.15, 0.2) is 6.61 Å². The second-order valence-corrected chi connectivity index (χ2v) is 6.16. The van der Waals surface area contributed by atoms with Crippen LogP contribution in [0, 0.1) is 0 Å². The van der Waals surface area contributed by atoms with Crippen molar-refractivity contribution >= 4 is 17.5 Å². The minimum atomic E-state index is -0.182. The first-order valence-corrected chi connectivity index (χ1v) is 8.16. The third-order valence-corrected chi connectivity index (χ3v) is 4.55. The standard InChI is InChI=1S/C19H18N2O3/c22-18-11-24-17-10-13(8-9-16(17)20-18)19(23)21-15-7-3-5-12-4-1-2-6-14(12)15/h1-2,4,6,8-10,15H,3,5,7,11H2,(H,20,22)(H,21,23)/t15-/m1/s1. The van der Waals surface area contributed by atoms with Gasteiger partial charge in [-0.25, -0.2) is 0 Å². The Morgan fingerprint density at radius 1 is 1.21 bits per heavy atom. The third kappa shape index (κ3) is 2.73. The molecule has 2 N–H and O–H groups in total. The van der Waals surface area contributed by atoms with Gasteiger partial charge in [0, 0.05) is 5.56 Å². The maximum absolute atomic E-state index is 12.6. The Bertz CT molecular complexity index is 816. The average Bonchev–Trinajstić information content (AvgIpc) is 2.61. The minimum Gasteiger partial charge on any atom is -0.482 e. The third-order valence-electron chi connectivity index (χ3n) is 4.55. The number of benzene rings is 2. The van der Waals surface area contributed by atoms with Gasteiger partial charge in [-0.05, 0) is 48.6 Å². The molecule has 2 amide bonds. The van der Waals surface area contributed by atoms with E-state index in [0.717, 1.165) is 19.3 Å². The molecule has 2 aromatic rings. The molecule has 4 rings (SSSR count). The number of carbonyl (C=O) groups excluding carboxylic acids is 2. The van der Waals surface area contributed by atoms with Gasteiger partial charge in [0.05, 0.1) is 11.7 Å². The van der Waals surface area contributed by atoms with Gasteiger partial charge in [0.25, 0.3) is 11.8 Å². The number of fused-ring (bicyclic) bond motifs is 2. The number of amides is 2. The van der Waals surface area contributed by atoms with Crippen LogP contribution in [0.25, 0.3) is 0 Å². The zero-order chi connectivity index (χ0) is 16.5. The molecule has 5 nitrogen and oxygen atoms in total. The fourth-order valence-electron chi connectivity index (χ4n) is 3.36. The van der Waals surface area contributed by atoms with Crippen molar-refractivity contribution in [2.45, 2.75) is 25.3 Å². The Kier molecular flexibility index (Phi) is 3.69. The lowest BCUT2D eigenvalue weighted by molar-refractivity contribution is -0.118. The number of anilines is 1. The molecule has 1 aliphatic heterocycles. The van der Waals surface area contributed by atoms with E-state index in [-0.39, 0.29) is 24.5 Å². The van der Waals surface area contributed by atoms with Crippen LogP contribution in [0.4, 0.5) is 5.69 Å². The summed E-state index contributed by atoms with van der Waals surface area (Å²) in [7, 11) is 0. The van der Waals surface area contributed by atoms with E-state index in [1.165, 1.54) is 11.1 Å². The van der Waals surface area contributed by atoms with E-state index < -0.39 is 0 Å². The van der Waals surface area contributed by atoms with Gasteiger partial charge in [0.2, 0.25) is 0 Å². The van der Waals surface area contributed by atoms with Crippen LogP contribution in [0.15, 0.2) is 42.5 Å². The van der Waals surface area contributed by atoms with Gasteiger partial charge in [-0.1, -0.05) is 24.3 Å². The zero-order valence-corrected chi connectivity index (χ0v) is 13.2. The second-order valence-electron chi connectivity index (χ2n) is 6.16. The van der Waals surface area contributed by atoms with Gasteiger partial charge in [-0.2, -0.15) is 0 Å². The number of hydrogen-bond donors (Lipinski definition) is 2. The lowest BCUT2D eigenvalue weighted by atomic mass is 9.87. The number of carbonyl (C=O) groups is 2. The first kappa shape index (κ1) is 14.8. The van der Waals surface area contributed by atoms with Crippen molar-refractivity contribution < 1.29 is 14.3 Å². The molecule has 0 fully saturated rings. The number of ether oxygens (including phenoxy) is 1. The molecular formula is C19H18N2O3. The lowest BCUT2D eigenvalue weighted by Crippen LogP contribution is -2.31. The highest BCUT2D eigenvalue weighted by Crippen LogP contribution is 2.31. The monoisotopic (exact) mass is 322 g/mol. The van der Waals surface area contributed by atoms with Crippen molar-refractivity contribution in [3.63, 3.8) is 0 Å².